The van der Waals surface area contributed by atoms with Crippen molar-refractivity contribution in [1.82, 2.24) is 19.7 Å². The van der Waals surface area contributed by atoms with Crippen LogP contribution in [0.1, 0.15) is 46.3 Å². The van der Waals surface area contributed by atoms with Gasteiger partial charge in [-0.2, -0.15) is 5.10 Å². The Morgan fingerprint density at radius 3 is 2.76 bits per heavy atom. The van der Waals surface area contributed by atoms with Crippen LogP contribution in [0.4, 0.5) is 10.5 Å². The van der Waals surface area contributed by atoms with Gasteiger partial charge in [0.05, 0.1) is 23.0 Å². The molecule has 0 aliphatic carbocycles. The predicted octanol–water partition coefficient (Wildman–Crippen LogP) is 4.54. The topological polar surface area (TPSA) is 91.2 Å². The van der Waals surface area contributed by atoms with Crippen molar-refractivity contribution in [2.24, 2.45) is 0 Å². The number of carbonyl (C=O) groups excluding carboxylic acids is 1. The zero-order chi connectivity index (χ0) is 20.4. The molecule has 4 heterocycles. The number of hydrogen-bond donors (Lipinski definition) is 1. The van der Waals surface area contributed by atoms with Crippen LogP contribution in [0.2, 0.25) is 0 Å². The van der Waals surface area contributed by atoms with Gasteiger partial charge in [-0.1, -0.05) is 0 Å². The van der Waals surface area contributed by atoms with Crippen molar-refractivity contribution in [3.05, 3.63) is 36.8 Å². The Balaban J connectivity index is 1.78. The first-order valence-corrected chi connectivity index (χ1v) is 9.81. The highest BCUT2D eigenvalue weighted by Crippen LogP contribution is 2.32. The number of nitrogens with one attached hydrogen (secondary N) is 1. The molecule has 0 radical (unpaired) electrons. The molecule has 0 spiro atoms. The minimum absolute atomic E-state index is 0.157. The van der Waals surface area contributed by atoms with E-state index < -0.39 is 11.7 Å². The summed E-state index contributed by atoms with van der Waals surface area (Å²) in [5.41, 5.74) is 2.27. The summed E-state index contributed by atoms with van der Waals surface area (Å²) in [6.07, 6.45) is 7.47. The molecule has 3 aromatic rings. The normalized spacial score (nSPS) is 17.3. The first kappa shape index (κ1) is 19.3. The molecule has 8 heteroatoms. The van der Waals surface area contributed by atoms with Gasteiger partial charge in [-0.15, -0.1) is 0 Å². The summed E-state index contributed by atoms with van der Waals surface area (Å²) in [5, 5.41) is 8.12. The lowest BCUT2D eigenvalue weighted by Gasteiger charge is -2.23. The van der Waals surface area contributed by atoms with E-state index in [1.165, 1.54) is 0 Å². The predicted molar refractivity (Wildman–Crippen MR) is 109 cm³/mol. The van der Waals surface area contributed by atoms with Crippen molar-refractivity contribution in [3.8, 4) is 11.3 Å². The zero-order valence-electron chi connectivity index (χ0n) is 16.9. The van der Waals surface area contributed by atoms with Crippen LogP contribution in [-0.4, -0.2) is 38.0 Å². The van der Waals surface area contributed by atoms with E-state index in [9.17, 15) is 4.79 Å². The van der Waals surface area contributed by atoms with Crippen molar-refractivity contribution in [1.29, 1.82) is 0 Å². The summed E-state index contributed by atoms with van der Waals surface area (Å²) >= 11 is 0. The Hall–Kier alpha value is -3.00. The van der Waals surface area contributed by atoms with E-state index in [1.54, 1.807) is 23.3 Å². The van der Waals surface area contributed by atoms with Crippen LogP contribution in [0.15, 0.2) is 36.8 Å². The van der Waals surface area contributed by atoms with Gasteiger partial charge in [0, 0.05) is 24.6 Å². The maximum atomic E-state index is 12.4. The lowest BCUT2D eigenvalue weighted by atomic mass is 10.1. The molecule has 1 fully saturated rings. The maximum absolute atomic E-state index is 12.4. The number of anilines is 1. The molecular formula is C21H25N5O3. The number of amides is 1. The van der Waals surface area contributed by atoms with Crippen LogP contribution in [0.25, 0.3) is 22.3 Å². The van der Waals surface area contributed by atoms with Gasteiger partial charge < -0.3 is 9.47 Å². The van der Waals surface area contributed by atoms with Gasteiger partial charge in [0.15, 0.2) is 11.9 Å². The molecule has 29 heavy (non-hydrogen) atoms. The summed E-state index contributed by atoms with van der Waals surface area (Å²) in [6.45, 7) is 6.19. The minimum Gasteiger partial charge on any atom is -0.444 e. The molecule has 1 unspecified atom stereocenters. The maximum Gasteiger partial charge on any atom is 0.412 e. The highest BCUT2D eigenvalue weighted by molar-refractivity contribution is 5.99. The van der Waals surface area contributed by atoms with E-state index >= 15 is 0 Å². The molecular weight excluding hydrogens is 370 g/mol. The van der Waals surface area contributed by atoms with Crippen LogP contribution in [0.5, 0.6) is 0 Å². The van der Waals surface area contributed by atoms with E-state index in [0.717, 1.165) is 30.2 Å². The molecule has 1 atom stereocenters. The third-order valence-electron chi connectivity index (χ3n) is 4.61. The molecule has 152 valence electrons. The molecule has 1 saturated heterocycles. The summed E-state index contributed by atoms with van der Waals surface area (Å²) in [5.74, 6) is 0. The molecule has 1 aliphatic rings. The first-order chi connectivity index (χ1) is 13.9. The fraction of sp³-hybridized carbons (Fsp3) is 0.429. The lowest BCUT2D eigenvalue weighted by Crippen LogP contribution is -2.27. The third kappa shape index (κ3) is 4.37. The van der Waals surface area contributed by atoms with E-state index in [4.69, 9.17) is 14.5 Å². The summed E-state index contributed by atoms with van der Waals surface area (Å²) < 4.78 is 13.1. The molecule has 0 saturated carbocycles. The van der Waals surface area contributed by atoms with Gasteiger partial charge in [-0.3, -0.25) is 10.3 Å². The Morgan fingerprint density at radius 1 is 1.28 bits per heavy atom. The second-order valence-electron chi connectivity index (χ2n) is 8.07. The number of rotatable bonds is 3. The van der Waals surface area contributed by atoms with Gasteiger partial charge in [0.2, 0.25) is 0 Å². The van der Waals surface area contributed by atoms with E-state index in [2.05, 4.69) is 15.4 Å². The molecule has 1 amide bonds. The number of fused-ring (bicyclic) bond motifs is 1. The average molecular weight is 395 g/mol. The number of carbonyl (C=O) groups is 1. The van der Waals surface area contributed by atoms with Crippen LogP contribution < -0.4 is 5.32 Å². The van der Waals surface area contributed by atoms with Gasteiger partial charge in [-0.05, 0) is 58.2 Å². The fourth-order valence-corrected chi connectivity index (χ4v) is 3.33. The monoisotopic (exact) mass is 395 g/mol. The Kier molecular flexibility index (Phi) is 5.19. The molecule has 0 aromatic carbocycles. The highest BCUT2D eigenvalue weighted by atomic mass is 16.6. The molecule has 8 nitrogen and oxygen atoms in total. The van der Waals surface area contributed by atoms with Gasteiger partial charge in [0.1, 0.15) is 5.60 Å². The standard InChI is InChI=1S/C21H25N5O3/c1-21(2,3)29-20(27)25-17-12-16(14-7-9-22-10-8-14)24-19-15(17)13-23-26(19)18-6-4-5-11-28-18/h7-10,12-13,18H,4-6,11H2,1-3H3,(H,24,25,27). The minimum atomic E-state index is -0.593. The van der Waals surface area contributed by atoms with E-state index in [0.29, 0.717) is 23.6 Å². The quantitative estimate of drug-likeness (QED) is 0.700. The van der Waals surface area contributed by atoms with Gasteiger partial charge in [-0.25, -0.2) is 14.5 Å². The Bertz CT molecular complexity index is 1000. The number of aromatic nitrogens is 4. The van der Waals surface area contributed by atoms with Crippen molar-refractivity contribution < 1.29 is 14.3 Å². The number of nitrogens with zero attached hydrogens (tertiary/aromatic N) is 4. The summed E-state index contributed by atoms with van der Waals surface area (Å²) in [6, 6.07) is 5.59. The molecule has 0 bridgehead atoms. The zero-order valence-corrected chi connectivity index (χ0v) is 16.9. The van der Waals surface area contributed by atoms with Crippen molar-refractivity contribution in [2.75, 3.05) is 11.9 Å². The summed E-state index contributed by atoms with van der Waals surface area (Å²) in [4.78, 5) is 21.3. The fourth-order valence-electron chi connectivity index (χ4n) is 3.33. The average Bonchev–Trinajstić information content (AvgIpc) is 3.12. The first-order valence-electron chi connectivity index (χ1n) is 9.81. The van der Waals surface area contributed by atoms with E-state index in [-0.39, 0.29) is 6.23 Å². The van der Waals surface area contributed by atoms with Gasteiger partial charge in [0.25, 0.3) is 0 Å². The Morgan fingerprint density at radius 2 is 2.07 bits per heavy atom. The van der Waals surface area contributed by atoms with Crippen molar-refractivity contribution >= 4 is 22.8 Å². The molecule has 1 aliphatic heterocycles. The third-order valence-corrected chi connectivity index (χ3v) is 4.61. The smallest absolute Gasteiger partial charge is 0.412 e. The van der Waals surface area contributed by atoms with Crippen molar-refractivity contribution in [2.45, 2.75) is 51.9 Å². The van der Waals surface area contributed by atoms with E-state index in [1.807, 2.05) is 39.0 Å². The second-order valence-corrected chi connectivity index (χ2v) is 8.07. The van der Waals surface area contributed by atoms with Crippen LogP contribution in [-0.2, 0) is 9.47 Å². The number of ether oxygens (including phenoxy) is 2. The highest BCUT2D eigenvalue weighted by Gasteiger charge is 2.23. The van der Waals surface area contributed by atoms with Crippen LogP contribution in [0.3, 0.4) is 0 Å². The molecule has 1 N–H and O–H groups in total. The molecule has 4 rings (SSSR count). The van der Waals surface area contributed by atoms with Gasteiger partial charge >= 0.3 is 6.09 Å². The largest absolute Gasteiger partial charge is 0.444 e. The Labute approximate surface area is 169 Å². The summed E-state index contributed by atoms with van der Waals surface area (Å²) in [7, 11) is 0. The van der Waals surface area contributed by atoms with Crippen molar-refractivity contribution in [3.63, 3.8) is 0 Å². The second kappa shape index (κ2) is 7.79. The van der Waals surface area contributed by atoms with Crippen LogP contribution in [0, 0.1) is 0 Å². The number of hydrogen-bond acceptors (Lipinski definition) is 6. The number of pyridine rings is 2. The SMILES string of the molecule is CC(C)(C)OC(=O)Nc1cc(-c2ccncc2)nc2c1cnn2C1CCCCO1. The lowest BCUT2D eigenvalue weighted by molar-refractivity contribution is -0.0370. The van der Waals surface area contributed by atoms with Crippen LogP contribution >= 0.6 is 0 Å². The molecule has 3 aromatic heterocycles.